The molecule has 1 aliphatic heterocycles. The fourth-order valence-corrected chi connectivity index (χ4v) is 2.26. The Kier molecular flexibility index (Phi) is 2.88. The summed E-state index contributed by atoms with van der Waals surface area (Å²) in [5.41, 5.74) is 0.805. The highest BCUT2D eigenvalue weighted by Crippen LogP contribution is 2.18. The van der Waals surface area contributed by atoms with Gasteiger partial charge in [-0.2, -0.15) is 0 Å². The van der Waals surface area contributed by atoms with Crippen LogP contribution in [0, 0.1) is 11.8 Å². The summed E-state index contributed by atoms with van der Waals surface area (Å²) in [5.74, 6) is 0.904. The molecule has 0 spiro atoms. The van der Waals surface area contributed by atoms with Gasteiger partial charge in [-0.15, -0.1) is 5.10 Å². The summed E-state index contributed by atoms with van der Waals surface area (Å²) >= 11 is 1.30. The van der Waals surface area contributed by atoms with E-state index in [1.165, 1.54) is 11.5 Å². The normalized spacial score (nSPS) is 26.6. The molecular formula is C9H13N3OS. The van der Waals surface area contributed by atoms with Crippen LogP contribution in [0.25, 0.3) is 0 Å². The lowest BCUT2D eigenvalue weighted by atomic mass is 9.91. The van der Waals surface area contributed by atoms with Crippen LogP contribution in [0.2, 0.25) is 0 Å². The molecule has 14 heavy (non-hydrogen) atoms. The molecule has 5 heteroatoms. The summed E-state index contributed by atoms with van der Waals surface area (Å²) < 4.78 is 3.74. The van der Waals surface area contributed by atoms with Crippen LogP contribution in [-0.4, -0.2) is 28.5 Å². The number of nitrogens with one attached hydrogen (secondary N) is 1. The maximum atomic E-state index is 11.8. The van der Waals surface area contributed by atoms with E-state index in [4.69, 9.17) is 0 Å². The summed E-state index contributed by atoms with van der Waals surface area (Å²) in [5, 5.41) is 8.95. The number of aromatic nitrogens is 2. The van der Waals surface area contributed by atoms with Crippen LogP contribution in [-0.2, 0) is 11.2 Å². The van der Waals surface area contributed by atoms with Crippen molar-refractivity contribution in [1.29, 1.82) is 0 Å². The molecule has 76 valence electrons. The first-order valence-electron chi connectivity index (χ1n) is 4.76. The van der Waals surface area contributed by atoms with Crippen molar-refractivity contribution in [2.24, 2.45) is 11.8 Å². The number of carbonyl (C=O) groups is 1. The minimum absolute atomic E-state index is 0.164. The molecule has 4 nitrogen and oxygen atoms in total. The van der Waals surface area contributed by atoms with E-state index in [2.05, 4.69) is 21.8 Å². The molecule has 0 radical (unpaired) electrons. The molecule has 1 aromatic heterocycles. The molecule has 1 N–H and O–H groups in total. The number of rotatable bonds is 3. The molecule has 1 fully saturated rings. The van der Waals surface area contributed by atoms with Gasteiger partial charge in [-0.3, -0.25) is 4.79 Å². The first kappa shape index (κ1) is 9.73. The minimum atomic E-state index is 0.164. The monoisotopic (exact) mass is 211 g/mol. The van der Waals surface area contributed by atoms with Crippen molar-refractivity contribution in [3.63, 3.8) is 0 Å². The Hall–Kier alpha value is -0.810. The van der Waals surface area contributed by atoms with Crippen LogP contribution in [0.5, 0.6) is 0 Å². The lowest BCUT2D eigenvalue weighted by Gasteiger charge is -2.11. The summed E-state index contributed by atoms with van der Waals surface area (Å²) in [6.45, 7) is 3.88. The molecule has 1 aliphatic rings. The SMILES string of the molecule is CC1CNCC1C(=O)Cc1csnn1. The Balaban J connectivity index is 1.95. The summed E-state index contributed by atoms with van der Waals surface area (Å²) in [6.07, 6.45) is 0.438. The number of ketones is 1. The molecule has 2 atom stereocenters. The third-order valence-electron chi connectivity index (χ3n) is 2.69. The van der Waals surface area contributed by atoms with E-state index in [0.29, 0.717) is 12.3 Å². The lowest BCUT2D eigenvalue weighted by Crippen LogP contribution is -2.23. The maximum Gasteiger partial charge on any atom is 0.143 e. The second-order valence-electron chi connectivity index (χ2n) is 3.78. The maximum absolute atomic E-state index is 11.8. The number of Topliss-reactive ketones (excluding diaryl/α,β-unsaturated/α-hetero) is 1. The van der Waals surface area contributed by atoms with E-state index in [9.17, 15) is 4.79 Å². The van der Waals surface area contributed by atoms with Gasteiger partial charge in [0.25, 0.3) is 0 Å². The van der Waals surface area contributed by atoms with E-state index >= 15 is 0 Å². The van der Waals surface area contributed by atoms with Gasteiger partial charge in [-0.1, -0.05) is 11.4 Å². The average molecular weight is 211 g/mol. The van der Waals surface area contributed by atoms with Crippen LogP contribution in [0.3, 0.4) is 0 Å². The molecule has 0 aromatic carbocycles. The van der Waals surface area contributed by atoms with Crippen LogP contribution >= 0.6 is 11.5 Å². The van der Waals surface area contributed by atoms with E-state index in [1.54, 1.807) is 0 Å². The number of hydrogen-bond donors (Lipinski definition) is 1. The van der Waals surface area contributed by atoms with Crippen LogP contribution in [0.15, 0.2) is 5.38 Å². The van der Waals surface area contributed by atoms with Gasteiger partial charge in [0.05, 0.1) is 12.1 Å². The summed E-state index contributed by atoms with van der Waals surface area (Å²) in [7, 11) is 0. The Morgan fingerprint density at radius 2 is 2.57 bits per heavy atom. The molecule has 2 heterocycles. The first-order valence-corrected chi connectivity index (χ1v) is 5.60. The van der Waals surface area contributed by atoms with Crippen LogP contribution in [0.1, 0.15) is 12.6 Å². The average Bonchev–Trinajstić information content (AvgIpc) is 2.75. The van der Waals surface area contributed by atoms with Crippen molar-refractivity contribution < 1.29 is 4.79 Å². The predicted molar refractivity (Wildman–Crippen MR) is 54.1 cm³/mol. The topological polar surface area (TPSA) is 54.9 Å². The van der Waals surface area contributed by atoms with Crippen molar-refractivity contribution in [2.75, 3.05) is 13.1 Å². The Bertz CT molecular complexity index is 312. The Labute approximate surface area is 86.9 Å². The van der Waals surface area contributed by atoms with Gasteiger partial charge in [0, 0.05) is 17.8 Å². The fourth-order valence-electron chi connectivity index (χ4n) is 1.81. The van der Waals surface area contributed by atoms with Gasteiger partial charge >= 0.3 is 0 Å². The molecule has 2 unspecified atom stereocenters. The molecular weight excluding hydrogens is 198 g/mol. The van der Waals surface area contributed by atoms with Gasteiger partial charge in [-0.05, 0) is 24.0 Å². The molecule has 1 saturated heterocycles. The summed E-state index contributed by atoms with van der Waals surface area (Å²) in [4.78, 5) is 11.8. The van der Waals surface area contributed by atoms with Gasteiger partial charge in [0.1, 0.15) is 5.78 Å². The number of hydrogen-bond acceptors (Lipinski definition) is 5. The zero-order valence-electron chi connectivity index (χ0n) is 8.06. The number of carbonyl (C=O) groups excluding carboxylic acids is 1. The molecule has 2 rings (SSSR count). The van der Waals surface area contributed by atoms with Gasteiger partial charge < -0.3 is 5.32 Å². The lowest BCUT2D eigenvalue weighted by molar-refractivity contribution is -0.122. The van der Waals surface area contributed by atoms with Gasteiger partial charge in [0.2, 0.25) is 0 Å². The minimum Gasteiger partial charge on any atom is -0.316 e. The van der Waals surface area contributed by atoms with Gasteiger partial charge in [-0.25, -0.2) is 0 Å². The zero-order chi connectivity index (χ0) is 9.97. The predicted octanol–water partition coefficient (Wildman–Crippen LogP) is 0.505. The molecule has 1 aromatic rings. The highest BCUT2D eigenvalue weighted by molar-refractivity contribution is 7.03. The largest absolute Gasteiger partial charge is 0.316 e. The summed E-state index contributed by atoms with van der Waals surface area (Å²) in [6, 6.07) is 0. The van der Waals surface area contributed by atoms with Crippen LogP contribution in [0.4, 0.5) is 0 Å². The number of nitrogens with zero attached hydrogens (tertiary/aromatic N) is 2. The standard InChI is InChI=1S/C9H13N3OS/c1-6-3-10-4-8(6)9(13)2-7-5-14-12-11-7/h5-6,8,10H,2-4H2,1H3. The van der Waals surface area contributed by atoms with Gasteiger partial charge in [0.15, 0.2) is 0 Å². The van der Waals surface area contributed by atoms with E-state index < -0.39 is 0 Å². The van der Waals surface area contributed by atoms with Crippen LogP contribution < -0.4 is 5.32 Å². The van der Waals surface area contributed by atoms with E-state index in [0.717, 1.165) is 18.8 Å². The van der Waals surface area contributed by atoms with Crippen molar-refractivity contribution in [1.82, 2.24) is 14.9 Å². The quantitative estimate of drug-likeness (QED) is 0.791. The van der Waals surface area contributed by atoms with Crippen molar-refractivity contribution in [2.45, 2.75) is 13.3 Å². The highest BCUT2D eigenvalue weighted by atomic mass is 32.1. The second kappa shape index (κ2) is 4.14. The van der Waals surface area contributed by atoms with E-state index in [1.807, 2.05) is 5.38 Å². The third-order valence-corrected chi connectivity index (χ3v) is 3.24. The Morgan fingerprint density at radius 1 is 1.71 bits per heavy atom. The van der Waals surface area contributed by atoms with Crippen molar-refractivity contribution in [3.05, 3.63) is 11.1 Å². The zero-order valence-corrected chi connectivity index (χ0v) is 8.88. The highest BCUT2D eigenvalue weighted by Gasteiger charge is 2.29. The Morgan fingerprint density at radius 3 is 3.14 bits per heavy atom. The second-order valence-corrected chi connectivity index (χ2v) is 4.39. The first-order chi connectivity index (χ1) is 6.77. The molecule has 0 amide bonds. The third kappa shape index (κ3) is 1.99. The smallest absolute Gasteiger partial charge is 0.143 e. The molecule has 0 saturated carbocycles. The van der Waals surface area contributed by atoms with Crippen molar-refractivity contribution in [3.8, 4) is 0 Å². The molecule has 0 aliphatic carbocycles. The van der Waals surface area contributed by atoms with E-state index in [-0.39, 0.29) is 11.7 Å². The fraction of sp³-hybridized carbons (Fsp3) is 0.667. The molecule has 0 bridgehead atoms. The van der Waals surface area contributed by atoms with Crippen molar-refractivity contribution >= 4 is 17.3 Å².